The molecule has 1 aromatic rings. The summed E-state index contributed by atoms with van der Waals surface area (Å²) < 4.78 is 0. The quantitative estimate of drug-likeness (QED) is 0.0604. The third-order valence-corrected chi connectivity index (χ3v) is 6.17. The number of likely N-dealkylation sites (tertiary alicyclic amines) is 1. The molecule has 0 bridgehead atoms. The number of amides is 3. The van der Waals surface area contributed by atoms with E-state index in [-0.39, 0.29) is 57.3 Å². The zero-order valence-corrected chi connectivity index (χ0v) is 26.5. The Labute approximate surface area is 270 Å². The van der Waals surface area contributed by atoms with E-state index in [1.54, 1.807) is 6.26 Å². The van der Waals surface area contributed by atoms with Crippen LogP contribution in [0, 0.1) is 0 Å². The average Bonchev–Trinajstić information content (AvgIpc) is 3.67. The van der Waals surface area contributed by atoms with Crippen LogP contribution < -0.4 is 62.5 Å². The average molecular weight is 560 g/mol. The SMILES string of the molecule is C=CCNCCC(=O)N1CCCC1C.C[S-].NN(C=O)C1CC1.O=C(O)N1CCc2ccccc2C1.[K+]. The molecule has 1 aliphatic carbocycles. The van der Waals surface area contributed by atoms with Crippen molar-refractivity contribution in [2.45, 2.75) is 64.1 Å². The fourth-order valence-corrected chi connectivity index (χ4v) is 3.96. The number of carbonyl (C=O) groups is 3. The Bertz CT molecular complexity index is 828. The summed E-state index contributed by atoms with van der Waals surface area (Å²) in [4.78, 5) is 35.6. The maximum absolute atomic E-state index is 11.7. The van der Waals surface area contributed by atoms with Crippen LogP contribution in [0.15, 0.2) is 36.9 Å². The van der Waals surface area contributed by atoms with E-state index in [1.807, 2.05) is 29.2 Å². The van der Waals surface area contributed by atoms with Gasteiger partial charge in [-0.2, -0.15) is 6.26 Å². The molecule has 4 N–H and O–H groups in total. The van der Waals surface area contributed by atoms with E-state index < -0.39 is 6.09 Å². The molecule has 9 nitrogen and oxygen atoms in total. The number of benzene rings is 1. The number of rotatable bonds is 7. The first-order chi connectivity index (χ1) is 17.4. The van der Waals surface area contributed by atoms with Crippen molar-refractivity contribution in [2.24, 2.45) is 5.84 Å². The van der Waals surface area contributed by atoms with Gasteiger partial charge in [-0.05, 0) is 50.2 Å². The number of carboxylic acid groups (broad SMARTS) is 1. The predicted octanol–water partition coefficient (Wildman–Crippen LogP) is -0.466. The van der Waals surface area contributed by atoms with Gasteiger partial charge in [0.1, 0.15) is 0 Å². The van der Waals surface area contributed by atoms with Crippen LogP contribution in [0.4, 0.5) is 4.79 Å². The smallest absolute Gasteiger partial charge is 0.796 e. The third-order valence-electron chi connectivity index (χ3n) is 6.17. The van der Waals surface area contributed by atoms with Gasteiger partial charge in [0.25, 0.3) is 0 Å². The molecular weight excluding hydrogens is 517 g/mol. The van der Waals surface area contributed by atoms with E-state index >= 15 is 0 Å². The second-order valence-electron chi connectivity index (χ2n) is 8.83. The number of carbonyl (C=O) groups excluding carboxylic acids is 2. The van der Waals surface area contributed by atoms with Crippen LogP contribution in [0.25, 0.3) is 0 Å². The van der Waals surface area contributed by atoms with Gasteiger partial charge in [-0.1, -0.05) is 30.3 Å². The van der Waals surface area contributed by atoms with E-state index in [1.165, 1.54) is 15.5 Å². The molecule has 0 spiro atoms. The van der Waals surface area contributed by atoms with Crippen LogP contribution >= 0.6 is 0 Å². The normalized spacial score (nSPS) is 17.1. The van der Waals surface area contributed by atoms with Gasteiger partial charge in [0.05, 0.1) is 0 Å². The minimum atomic E-state index is -0.825. The van der Waals surface area contributed by atoms with E-state index in [9.17, 15) is 14.4 Å². The van der Waals surface area contributed by atoms with E-state index in [4.69, 9.17) is 10.9 Å². The minimum absolute atomic E-state index is 0. The fraction of sp³-hybridized carbons (Fsp3) is 0.577. The van der Waals surface area contributed by atoms with E-state index in [0.29, 0.717) is 38.0 Å². The molecule has 11 heteroatoms. The van der Waals surface area contributed by atoms with Crippen molar-refractivity contribution in [3.63, 3.8) is 0 Å². The Morgan fingerprint density at radius 2 is 1.86 bits per heavy atom. The van der Waals surface area contributed by atoms with E-state index in [2.05, 4.69) is 37.5 Å². The maximum Gasteiger partial charge on any atom is 1.00 e. The van der Waals surface area contributed by atoms with Gasteiger partial charge in [0.15, 0.2) is 0 Å². The first-order valence-corrected chi connectivity index (χ1v) is 13.2. The Kier molecular flexibility index (Phi) is 20.4. The van der Waals surface area contributed by atoms with Crippen LogP contribution in [0.3, 0.4) is 0 Å². The van der Waals surface area contributed by atoms with Gasteiger partial charge in [-0.25, -0.2) is 10.6 Å². The van der Waals surface area contributed by atoms with Crippen LogP contribution in [0.2, 0.25) is 0 Å². The van der Waals surface area contributed by atoms with Crippen LogP contribution in [-0.4, -0.2) is 82.8 Å². The molecule has 1 aromatic carbocycles. The van der Waals surface area contributed by atoms with Crippen molar-refractivity contribution < 1.29 is 70.9 Å². The summed E-state index contributed by atoms with van der Waals surface area (Å²) in [5.41, 5.74) is 2.41. The Balaban J connectivity index is 0.000000523. The number of hydrogen-bond acceptors (Lipinski definition) is 6. The number of fused-ring (bicyclic) bond motifs is 1. The molecule has 1 unspecified atom stereocenters. The monoisotopic (exact) mass is 559 g/mol. The molecule has 0 radical (unpaired) electrons. The number of hydrazine groups is 1. The number of nitrogens with one attached hydrogen (secondary N) is 1. The molecule has 2 heterocycles. The zero-order valence-electron chi connectivity index (χ0n) is 22.6. The molecule has 1 atom stereocenters. The Morgan fingerprint density at radius 3 is 2.35 bits per heavy atom. The number of nitrogens with two attached hydrogens (primary N) is 1. The molecule has 2 fully saturated rings. The van der Waals surface area contributed by atoms with Gasteiger partial charge in [-0.3, -0.25) is 14.6 Å². The van der Waals surface area contributed by atoms with Gasteiger partial charge >= 0.3 is 57.5 Å². The van der Waals surface area contributed by atoms with Gasteiger partial charge in [0, 0.05) is 51.2 Å². The maximum atomic E-state index is 11.7. The summed E-state index contributed by atoms with van der Waals surface area (Å²) in [6, 6.07) is 8.80. The second kappa shape index (κ2) is 21.0. The van der Waals surface area contributed by atoms with Crippen molar-refractivity contribution in [2.75, 3.05) is 32.4 Å². The minimum Gasteiger partial charge on any atom is -0.796 e. The molecule has 2 aliphatic heterocycles. The summed E-state index contributed by atoms with van der Waals surface area (Å²) in [5.74, 6) is 5.43. The molecule has 4 rings (SSSR count). The van der Waals surface area contributed by atoms with Crippen LogP contribution in [0.5, 0.6) is 0 Å². The molecule has 1 saturated heterocycles. The summed E-state index contributed by atoms with van der Waals surface area (Å²) in [5, 5.41) is 13.2. The molecular formula is C26H42KN5O4S. The fourth-order valence-electron chi connectivity index (χ4n) is 3.96. The zero-order chi connectivity index (χ0) is 26.9. The topological polar surface area (TPSA) is 119 Å². The van der Waals surface area contributed by atoms with Crippen molar-refractivity contribution in [1.82, 2.24) is 20.1 Å². The molecule has 202 valence electrons. The largest absolute Gasteiger partial charge is 1.00 e. The van der Waals surface area contributed by atoms with Gasteiger partial charge in [0.2, 0.25) is 12.3 Å². The predicted molar refractivity (Wildman–Crippen MR) is 145 cm³/mol. The summed E-state index contributed by atoms with van der Waals surface area (Å²) in [7, 11) is 0. The Morgan fingerprint density at radius 1 is 1.22 bits per heavy atom. The summed E-state index contributed by atoms with van der Waals surface area (Å²) >= 11 is 4.08. The van der Waals surface area contributed by atoms with Crippen molar-refractivity contribution in [1.29, 1.82) is 0 Å². The van der Waals surface area contributed by atoms with Crippen molar-refractivity contribution >= 4 is 31.0 Å². The van der Waals surface area contributed by atoms with E-state index in [0.717, 1.165) is 57.3 Å². The number of nitrogens with zero attached hydrogens (tertiary/aromatic N) is 3. The Hall–Kier alpha value is -0.924. The third kappa shape index (κ3) is 14.2. The van der Waals surface area contributed by atoms with Gasteiger partial charge in [-0.15, -0.1) is 6.58 Å². The molecule has 3 aliphatic rings. The molecule has 3 amide bonds. The second-order valence-corrected chi connectivity index (χ2v) is 8.83. The summed E-state index contributed by atoms with van der Waals surface area (Å²) in [6.45, 7) is 9.37. The first kappa shape index (κ1) is 36.1. The van der Waals surface area contributed by atoms with Crippen LogP contribution in [0.1, 0.15) is 50.2 Å². The first-order valence-electron chi connectivity index (χ1n) is 12.4. The summed E-state index contributed by atoms with van der Waals surface area (Å²) in [6.07, 6.45) is 9.15. The molecule has 1 saturated carbocycles. The number of hydrogen-bond donors (Lipinski definition) is 3. The van der Waals surface area contributed by atoms with Crippen LogP contribution in [-0.2, 0) is 35.2 Å². The standard InChI is InChI=1S/C11H20N2O.C10H11NO2.C4H8N2O.CH4S.K/c1-3-7-12-8-6-11(14)13-9-4-5-10(13)2;12-10(13)11-6-5-8-3-1-2-4-9(8)7-11;5-6(3-7)4-1-2-4;1-2;/h3,10,12H,1,4-9H2,2H3;1-4H,5-7H2,(H,12,13);3-4H,1-2,5H2;2H,1H3;/q;;;;+1/p-1. The van der Waals surface area contributed by atoms with Crippen molar-refractivity contribution in [3.05, 3.63) is 48.0 Å². The molecule has 37 heavy (non-hydrogen) atoms. The van der Waals surface area contributed by atoms with Crippen molar-refractivity contribution in [3.8, 4) is 0 Å². The molecule has 0 aromatic heterocycles. The van der Waals surface area contributed by atoms with Gasteiger partial charge < -0.3 is 32.9 Å².